The second kappa shape index (κ2) is 5.91. The fraction of sp³-hybridized carbons (Fsp3) is 0.462. The third-order valence-electron chi connectivity index (χ3n) is 3.38. The Balaban J connectivity index is 2.21. The number of phenols is 1. The van der Waals surface area contributed by atoms with Crippen LogP contribution in [-0.4, -0.2) is 22.4 Å². The van der Waals surface area contributed by atoms with E-state index >= 15 is 0 Å². The van der Waals surface area contributed by atoms with Crippen LogP contribution in [0.15, 0.2) is 6.07 Å². The number of alkyl halides is 1. The zero-order chi connectivity index (χ0) is 14.9. The smallest absolute Gasteiger partial charge is 0.254 e. The van der Waals surface area contributed by atoms with Gasteiger partial charge < -0.3 is 10.4 Å². The summed E-state index contributed by atoms with van der Waals surface area (Å²) in [6.45, 7) is 0. The zero-order valence-electron chi connectivity index (χ0n) is 10.4. The maximum absolute atomic E-state index is 13.6. The predicted octanol–water partition coefficient (Wildman–Crippen LogP) is 3.09. The number of phenolic OH excluding ortho intramolecular Hbond substituents is 1. The lowest BCUT2D eigenvalue weighted by Gasteiger charge is -2.27. The van der Waals surface area contributed by atoms with Gasteiger partial charge in [-0.2, -0.15) is 4.39 Å². The Morgan fingerprint density at radius 1 is 1.25 bits per heavy atom. The van der Waals surface area contributed by atoms with E-state index in [1.165, 1.54) is 0 Å². The Hall–Kier alpha value is -1.43. The molecule has 0 radical (unpaired) electrons. The highest BCUT2D eigenvalue weighted by Gasteiger charge is 2.28. The van der Waals surface area contributed by atoms with Gasteiger partial charge in [0.15, 0.2) is 17.4 Å². The van der Waals surface area contributed by atoms with Crippen molar-refractivity contribution in [2.24, 2.45) is 0 Å². The fourth-order valence-electron chi connectivity index (χ4n) is 2.25. The summed E-state index contributed by atoms with van der Waals surface area (Å²) in [6, 6.07) is 0.0683. The van der Waals surface area contributed by atoms with Gasteiger partial charge in [-0.1, -0.05) is 12.8 Å². The van der Waals surface area contributed by atoms with Crippen molar-refractivity contribution >= 4 is 17.5 Å². The SMILES string of the molecule is O=C(NC1CCCCC1Cl)c1cc(F)c(F)c(O)c1F. The number of carbonyl (C=O) groups is 1. The van der Waals surface area contributed by atoms with Crippen molar-refractivity contribution in [3.63, 3.8) is 0 Å². The van der Waals surface area contributed by atoms with Gasteiger partial charge in [0, 0.05) is 6.04 Å². The van der Waals surface area contributed by atoms with Crippen molar-refractivity contribution in [2.45, 2.75) is 37.1 Å². The standard InChI is InChI=1S/C13H13ClF3NO2/c14-7-3-1-2-4-9(7)18-13(20)6-5-8(15)11(17)12(19)10(6)16/h5,7,9,19H,1-4H2,(H,18,20). The van der Waals surface area contributed by atoms with Gasteiger partial charge in [0.1, 0.15) is 0 Å². The summed E-state index contributed by atoms with van der Waals surface area (Å²) in [5.41, 5.74) is -0.740. The summed E-state index contributed by atoms with van der Waals surface area (Å²) in [6.07, 6.45) is 3.18. The number of hydrogen-bond donors (Lipinski definition) is 2. The van der Waals surface area contributed by atoms with Crippen molar-refractivity contribution in [1.82, 2.24) is 5.32 Å². The van der Waals surface area contributed by atoms with Gasteiger partial charge in [0.05, 0.1) is 10.9 Å². The molecule has 1 aromatic rings. The second-order valence-electron chi connectivity index (χ2n) is 4.76. The van der Waals surface area contributed by atoms with Crippen LogP contribution in [0, 0.1) is 17.5 Å². The molecule has 0 saturated heterocycles. The summed E-state index contributed by atoms with van der Waals surface area (Å²) in [4.78, 5) is 11.9. The topological polar surface area (TPSA) is 49.3 Å². The number of benzene rings is 1. The summed E-state index contributed by atoms with van der Waals surface area (Å²) in [5.74, 6) is -7.11. The van der Waals surface area contributed by atoms with Crippen molar-refractivity contribution in [2.75, 3.05) is 0 Å². The third kappa shape index (κ3) is 2.85. The Morgan fingerprint density at radius 3 is 2.55 bits per heavy atom. The van der Waals surface area contributed by atoms with Crippen LogP contribution < -0.4 is 5.32 Å². The minimum atomic E-state index is -1.72. The van der Waals surface area contributed by atoms with E-state index in [1.807, 2.05) is 0 Å². The number of halogens is 4. The average Bonchev–Trinajstić information content (AvgIpc) is 2.43. The lowest BCUT2D eigenvalue weighted by molar-refractivity contribution is 0.0922. The molecule has 1 amide bonds. The first-order chi connectivity index (χ1) is 9.41. The van der Waals surface area contributed by atoms with Crippen LogP contribution in [0.1, 0.15) is 36.0 Å². The highest BCUT2D eigenvalue weighted by molar-refractivity contribution is 6.21. The van der Waals surface area contributed by atoms with Gasteiger partial charge >= 0.3 is 0 Å². The van der Waals surface area contributed by atoms with Gasteiger partial charge in [0.25, 0.3) is 5.91 Å². The second-order valence-corrected chi connectivity index (χ2v) is 5.32. The molecule has 0 heterocycles. The fourth-order valence-corrected chi connectivity index (χ4v) is 2.59. The molecule has 1 aliphatic carbocycles. The van der Waals surface area contributed by atoms with Crippen LogP contribution in [0.4, 0.5) is 13.2 Å². The molecule has 7 heteroatoms. The van der Waals surface area contributed by atoms with Gasteiger partial charge in [0.2, 0.25) is 5.82 Å². The molecule has 110 valence electrons. The van der Waals surface area contributed by atoms with Gasteiger partial charge in [-0.05, 0) is 18.9 Å². The molecule has 0 bridgehead atoms. The molecule has 1 saturated carbocycles. The predicted molar refractivity (Wildman–Crippen MR) is 67.3 cm³/mol. The van der Waals surface area contributed by atoms with Crippen LogP contribution in [0.25, 0.3) is 0 Å². The largest absolute Gasteiger partial charge is 0.503 e. The summed E-state index contributed by atoms with van der Waals surface area (Å²) in [7, 11) is 0. The Morgan fingerprint density at radius 2 is 1.90 bits per heavy atom. The highest BCUT2D eigenvalue weighted by atomic mass is 35.5. The van der Waals surface area contributed by atoms with Crippen molar-refractivity contribution < 1.29 is 23.1 Å². The molecule has 0 aromatic heterocycles. The van der Waals surface area contributed by atoms with Crippen molar-refractivity contribution in [1.29, 1.82) is 0 Å². The lowest BCUT2D eigenvalue weighted by Crippen LogP contribution is -2.43. The van der Waals surface area contributed by atoms with Crippen LogP contribution in [-0.2, 0) is 0 Å². The quantitative estimate of drug-likeness (QED) is 0.651. The van der Waals surface area contributed by atoms with Crippen LogP contribution in [0.3, 0.4) is 0 Å². The molecule has 0 spiro atoms. The molecule has 1 aliphatic rings. The van der Waals surface area contributed by atoms with E-state index in [0.717, 1.165) is 19.3 Å². The first-order valence-corrected chi connectivity index (χ1v) is 6.67. The van der Waals surface area contributed by atoms with E-state index in [0.29, 0.717) is 12.5 Å². The normalized spacial score (nSPS) is 22.6. The van der Waals surface area contributed by atoms with Gasteiger partial charge in [-0.25, -0.2) is 8.78 Å². The van der Waals surface area contributed by atoms with Crippen LogP contribution >= 0.6 is 11.6 Å². The molecule has 2 rings (SSSR count). The molecular weight excluding hydrogens is 295 g/mol. The number of rotatable bonds is 2. The van der Waals surface area contributed by atoms with Crippen molar-refractivity contribution in [3.05, 3.63) is 29.1 Å². The van der Waals surface area contributed by atoms with E-state index in [1.54, 1.807) is 0 Å². The molecule has 2 atom stereocenters. The number of hydrogen-bond acceptors (Lipinski definition) is 2. The maximum Gasteiger partial charge on any atom is 0.254 e. The highest BCUT2D eigenvalue weighted by Crippen LogP contribution is 2.27. The molecule has 3 nitrogen and oxygen atoms in total. The first-order valence-electron chi connectivity index (χ1n) is 6.23. The lowest BCUT2D eigenvalue weighted by atomic mass is 9.94. The van der Waals surface area contributed by atoms with E-state index < -0.39 is 34.7 Å². The molecule has 0 aliphatic heterocycles. The number of amides is 1. The molecule has 1 fully saturated rings. The first kappa shape index (κ1) is 15.0. The monoisotopic (exact) mass is 307 g/mol. The van der Waals surface area contributed by atoms with E-state index in [-0.39, 0.29) is 11.4 Å². The van der Waals surface area contributed by atoms with E-state index in [4.69, 9.17) is 16.7 Å². The number of nitrogens with one attached hydrogen (secondary N) is 1. The van der Waals surface area contributed by atoms with Gasteiger partial charge in [-0.3, -0.25) is 4.79 Å². The zero-order valence-corrected chi connectivity index (χ0v) is 11.2. The summed E-state index contributed by atoms with van der Waals surface area (Å²) in [5, 5.41) is 11.3. The number of aromatic hydroxyl groups is 1. The van der Waals surface area contributed by atoms with E-state index in [9.17, 15) is 18.0 Å². The molecular formula is C13H13ClF3NO2. The average molecular weight is 308 g/mol. The van der Waals surface area contributed by atoms with Crippen molar-refractivity contribution in [3.8, 4) is 5.75 Å². The third-order valence-corrected chi connectivity index (χ3v) is 3.90. The maximum atomic E-state index is 13.6. The Labute approximate surface area is 118 Å². The minimum absolute atomic E-state index is 0.283. The Bertz CT molecular complexity index is 539. The molecule has 20 heavy (non-hydrogen) atoms. The van der Waals surface area contributed by atoms with E-state index in [2.05, 4.69) is 5.32 Å². The molecule has 2 N–H and O–H groups in total. The minimum Gasteiger partial charge on any atom is -0.503 e. The van der Waals surface area contributed by atoms with Gasteiger partial charge in [-0.15, -0.1) is 11.6 Å². The molecule has 1 aromatic carbocycles. The van der Waals surface area contributed by atoms with Crippen LogP contribution in [0.5, 0.6) is 5.75 Å². The number of carbonyl (C=O) groups excluding carboxylic acids is 1. The van der Waals surface area contributed by atoms with Crippen LogP contribution in [0.2, 0.25) is 0 Å². The summed E-state index contributed by atoms with van der Waals surface area (Å²) >= 11 is 6.05. The summed E-state index contributed by atoms with van der Waals surface area (Å²) < 4.78 is 39.7. The Kier molecular flexibility index (Phi) is 4.42. The molecule has 2 unspecified atom stereocenters.